The van der Waals surface area contributed by atoms with Gasteiger partial charge < -0.3 is 15.0 Å². The second-order valence-corrected chi connectivity index (χ2v) is 5.10. The van der Waals surface area contributed by atoms with Gasteiger partial charge in [-0.25, -0.2) is 0 Å². The minimum Gasteiger partial charge on any atom is -0.495 e. The van der Waals surface area contributed by atoms with Crippen molar-refractivity contribution in [2.75, 3.05) is 30.9 Å². The van der Waals surface area contributed by atoms with Crippen LogP contribution in [0.2, 0.25) is 0 Å². The Morgan fingerprint density at radius 2 is 2.00 bits per heavy atom. The smallest absolute Gasteiger partial charge is 0.142 e. The summed E-state index contributed by atoms with van der Waals surface area (Å²) in [4.78, 5) is 2.17. The number of nitrogens with one attached hydrogen (secondary N) is 1. The van der Waals surface area contributed by atoms with Crippen LogP contribution in [0, 0.1) is 0 Å². The first kappa shape index (κ1) is 12.9. The summed E-state index contributed by atoms with van der Waals surface area (Å²) in [5.74, 6) is 0.894. The van der Waals surface area contributed by atoms with Gasteiger partial charge in [-0.3, -0.25) is 0 Å². The number of para-hydroxylation sites is 2. The first-order valence-electron chi connectivity index (χ1n) is 7.03. The molecule has 0 fully saturated rings. The number of ether oxygens (including phenoxy) is 1. The van der Waals surface area contributed by atoms with Crippen molar-refractivity contribution in [2.24, 2.45) is 0 Å². The Balaban J connectivity index is 1.96. The molecule has 0 atom stereocenters. The maximum Gasteiger partial charge on any atom is 0.142 e. The number of fused-ring (bicyclic) bond motifs is 1. The second-order valence-electron chi connectivity index (χ2n) is 5.10. The van der Waals surface area contributed by atoms with E-state index in [1.54, 1.807) is 7.11 Å². The standard InChI is InChI=1S/C17H20N2O/c1-19(16-7-3-4-8-17(16)20-2)14-9-10-15-13(12-14)6-5-11-18-15/h3-4,7-10,12,18H,5-6,11H2,1-2H3. The molecule has 3 rings (SSSR count). The lowest BCUT2D eigenvalue weighted by Crippen LogP contribution is -2.14. The molecule has 104 valence electrons. The third-order valence-corrected chi connectivity index (χ3v) is 3.86. The molecule has 0 aliphatic carbocycles. The number of anilines is 3. The predicted octanol–water partition coefficient (Wildman–Crippen LogP) is 3.82. The molecular weight excluding hydrogens is 248 g/mol. The van der Waals surface area contributed by atoms with Crippen molar-refractivity contribution in [3.05, 3.63) is 48.0 Å². The van der Waals surface area contributed by atoms with Gasteiger partial charge in [0.15, 0.2) is 0 Å². The maximum absolute atomic E-state index is 5.45. The van der Waals surface area contributed by atoms with Crippen molar-refractivity contribution in [3.63, 3.8) is 0 Å². The molecule has 0 saturated carbocycles. The molecule has 1 N–H and O–H groups in total. The number of methoxy groups -OCH3 is 1. The third-order valence-electron chi connectivity index (χ3n) is 3.86. The molecule has 0 radical (unpaired) electrons. The fourth-order valence-corrected chi connectivity index (χ4v) is 2.72. The zero-order valence-corrected chi connectivity index (χ0v) is 12.0. The molecule has 0 amide bonds. The molecule has 0 spiro atoms. The van der Waals surface area contributed by atoms with E-state index in [0.717, 1.165) is 24.4 Å². The van der Waals surface area contributed by atoms with Crippen LogP contribution < -0.4 is 15.0 Å². The van der Waals surface area contributed by atoms with Crippen molar-refractivity contribution in [1.29, 1.82) is 0 Å². The van der Waals surface area contributed by atoms with Gasteiger partial charge in [-0.15, -0.1) is 0 Å². The average Bonchev–Trinajstić information content (AvgIpc) is 2.53. The molecule has 2 aromatic rings. The van der Waals surface area contributed by atoms with Crippen LogP contribution in [-0.4, -0.2) is 20.7 Å². The molecule has 0 unspecified atom stereocenters. The molecule has 0 aromatic heterocycles. The van der Waals surface area contributed by atoms with Crippen molar-refractivity contribution < 1.29 is 4.74 Å². The van der Waals surface area contributed by atoms with Crippen LogP contribution in [0.1, 0.15) is 12.0 Å². The number of aryl methyl sites for hydroxylation is 1. The molecule has 2 aromatic carbocycles. The molecule has 1 heterocycles. The topological polar surface area (TPSA) is 24.5 Å². The van der Waals surface area contributed by atoms with Crippen molar-refractivity contribution in [1.82, 2.24) is 0 Å². The van der Waals surface area contributed by atoms with Crippen LogP contribution in [0.5, 0.6) is 5.75 Å². The van der Waals surface area contributed by atoms with Gasteiger partial charge in [0.05, 0.1) is 12.8 Å². The van der Waals surface area contributed by atoms with Crippen molar-refractivity contribution in [3.8, 4) is 5.75 Å². The first-order valence-corrected chi connectivity index (χ1v) is 7.03. The molecule has 0 bridgehead atoms. The Morgan fingerprint density at radius 1 is 1.15 bits per heavy atom. The normalized spacial score (nSPS) is 13.3. The Kier molecular flexibility index (Phi) is 3.50. The molecule has 1 aliphatic heterocycles. The van der Waals surface area contributed by atoms with E-state index in [1.807, 2.05) is 18.2 Å². The van der Waals surface area contributed by atoms with Crippen LogP contribution in [0.15, 0.2) is 42.5 Å². The SMILES string of the molecule is COc1ccccc1N(C)c1ccc2c(c1)CCCN2. The van der Waals surface area contributed by atoms with Crippen LogP contribution in [0.4, 0.5) is 17.1 Å². The van der Waals surface area contributed by atoms with Crippen LogP contribution >= 0.6 is 0 Å². The summed E-state index contributed by atoms with van der Waals surface area (Å²) in [6.07, 6.45) is 2.35. The number of rotatable bonds is 3. The molecule has 3 heteroatoms. The largest absolute Gasteiger partial charge is 0.495 e. The number of benzene rings is 2. The molecular formula is C17H20N2O. The van der Waals surface area contributed by atoms with E-state index in [4.69, 9.17) is 4.74 Å². The molecule has 3 nitrogen and oxygen atoms in total. The summed E-state index contributed by atoms with van der Waals surface area (Å²) in [6, 6.07) is 14.7. The van der Waals surface area contributed by atoms with Crippen LogP contribution in [0.25, 0.3) is 0 Å². The van der Waals surface area contributed by atoms with Gasteiger partial charge in [-0.05, 0) is 48.7 Å². The van der Waals surface area contributed by atoms with Gasteiger partial charge in [-0.1, -0.05) is 12.1 Å². The zero-order valence-electron chi connectivity index (χ0n) is 12.0. The Hall–Kier alpha value is -2.16. The van der Waals surface area contributed by atoms with E-state index in [9.17, 15) is 0 Å². The summed E-state index contributed by atoms with van der Waals surface area (Å²) in [5, 5.41) is 3.45. The van der Waals surface area contributed by atoms with Gasteiger partial charge in [0.25, 0.3) is 0 Å². The Bertz CT molecular complexity index is 610. The molecule has 20 heavy (non-hydrogen) atoms. The highest BCUT2D eigenvalue weighted by Crippen LogP contribution is 2.34. The Morgan fingerprint density at radius 3 is 2.85 bits per heavy atom. The van der Waals surface area contributed by atoms with Crippen molar-refractivity contribution >= 4 is 17.1 Å². The summed E-state index contributed by atoms with van der Waals surface area (Å²) in [6.45, 7) is 1.08. The summed E-state index contributed by atoms with van der Waals surface area (Å²) < 4.78 is 5.45. The van der Waals surface area contributed by atoms with Gasteiger partial charge in [0.2, 0.25) is 0 Å². The predicted molar refractivity (Wildman–Crippen MR) is 84.3 cm³/mol. The highest BCUT2D eigenvalue weighted by Gasteiger charge is 2.13. The Labute approximate surface area is 120 Å². The van der Waals surface area contributed by atoms with Crippen molar-refractivity contribution in [2.45, 2.75) is 12.8 Å². The van der Waals surface area contributed by atoms with E-state index < -0.39 is 0 Å². The van der Waals surface area contributed by atoms with Gasteiger partial charge >= 0.3 is 0 Å². The summed E-state index contributed by atoms with van der Waals surface area (Å²) in [5.41, 5.74) is 4.94. The van der Waals surface area contributed by atoms with E-state index in [-0.39, 0.29) is 0 Å². The summed E-state index contributed by atoms with van der Waals surface area (Å²) >= 11 is 0. The van der Waals surface area contributed by atoms with E-state index in [1.165, 1.54) is 23.4 Å². The lowest BCUT2D eigenvalue weighted by atomic mass is 10.0. The lowest BCUT2D eigenvalue weighted by molar-refractivity contribution is 0.415. The molecule has 1 aliphatic rings. The first-order chi connectivity index (χ1) is 9.79. The minimum absolute atomic E-state index is 0.894. The number of nitrogens with zero attached hydrogens (tertiary/aromatic N) is 1. The summed E-state index contributed by atoms with van der Waals surface area (Å²) in [7, 11) is 3.79. The van der Waals surface area contributed by atoms with Gasteiger partial charge in [0, 0.05) is 25.0 Å². The third kappa shape index (κ3) is 2.31. The zero-order chi connectivity index (χ0) is 13.9. The van der Waals surface area contributed by atoms with Gasteiger partial charge in [-0.2, -0.15) is 0 Å². The van der Waals surface area contributed by atoms with Gasteiger partial charge in [0.1, 0.15) is 5.75 Å². The van der Waals surface area contributed by atoms with Crippen LogP contribution in [0.3, 0.4) is 0 Å². The molecule has 0 saturated heterocycles. The highest BCUT2D eigenvalue weighted by molar-refractivity contribution is 5.71. The average molecular weight is 268 g/mol. The van der Waals surface area contributed by atoms with E-state index >= 15 is 0 Å². The highest BCUT2D eigenvalue weighted by atomic mass is 16.5. The number of hydrogen-bond donors (Lipinski definition) is 1. The number of hydrogen-bond acceptors (Lipinski definition) is 3. The van der Waals surface area contributed by atoms with Crippen LogP contribution in [-0.2, 0) is 6.42 Å². The second kappa shape index (κ2) is 5.45. The fraction of sp³-hybridized carbons (Fsp3) is 0.294. The fourth-order valence-electron chi connectivity index (χ4n) is 2.72. The lowest BCUT2D eigenvalue weighted by Gasteiger charge is -2.25. The quantitative estimate of drug-likeness (QED) is 0.915. The van der Waals surface area contributed by atoms with E-state index in [0.29, 0.717) is 0 Å². The maximum atomic E-state index is 5.45. The monoisotopic (exact) mass is 268 g/mol. The minimum atomic E-state index is 0.894. The van der Waals surface area contributed by atoms with E-state index in [2.05, 4.69) is 41.5 Å².